The molecule has 6 rings (SSSR count). The van der Waals surface area contributed by atoms with Gasteiger partial charge in [-0.3, -0.25) is 18.7 Å². The van der Waals surface area contributed by atoms with Gasteiger partial charge in [0.05, 0.1) is 49.9 Å². The van der Waals surface area contributed by atoms with E-state index in [0.29, 0.717) is 11.6 Å². The Labute approximate surface area is 297 Å². The predicted molar refractivity (Wildman–Crippen MR) is 178 cm³/mol. The van der Waals surface area contributed by atoms with Gasteiger partial charge in [0.25, 0.3) is 11.8 Å². The van der Waals surface area contributed by atoms with E-state index in [9.17, 15) is 19.2 Å². The second-order valence-electron chi connectivity index (χ2n) is 10.9. The highest BCUT2D eigenvalue weighted by atomic mass is 19.1. The van der Waals surface area contributed by atoms with Crippen molar-refractivity contribution in [3.63, 3.8) is 0 Å². The zero-order chi connectivity index (χ0) is 37.5. The average molecular weight is 725 g/mol. The topological polar surface area (TPSA) is 207 Å². The fourth-order valence-corrected chi connectivity index (χ4v) is 4.82. The second kappa shape index (κ2) is 15.7. The average Bonchev–Trinajstić information content (AvgIpc) is 3.92. The number of amides is 2. The van der Waals surface area contributed by atoms with Crippen LogP contribution in [-0.4, -0.2) is 77.5 Å². The van der Waals surface area contributed by atoms with Gasteiger partial charge in [-0.1, -0.05) is 0 Å². The summed E-state index contributed by atoms with van der Waals surface area (Å²) in [4.78, 5) is 58.9. The molecule has 268 valence electrons. The molecule has 6 aromatic rings. The molecule has 0 aliphatic carbocycles. The number of rotatable bonds is 12. The molecular weight excluding hydrogens is 698 g/mol. The van der Waals surface area contributed by atoms with E-state index in [1.165, 1.54) is 36.9 Å². The van der Waals surface area contributed by atoms with Gasteiger partial charge in [-0.15, -0.1) is 20.4 Å². The zero-order valence-corrected chi connectivity index (χ0v) is 27.7. The smallest absolute Gasteiger partial charge is 0.340 e. The van der Waals surface area contributed by atoms with E-state index in [2.05, 4.69) is 41.0 Å². The van der Waals surface area contributed by atoms with Gasteiger partial charge in [0, 0.05) is 35.9 Å². The number of halogens is 2. The number of imidazole rings is 2. The van der Waals surface area contributed by atoms with Crippen molar-refractivity contribution < 1.29 is 42.2 Å². The number of aromatic nitrogens is 8. The number of nitrogens with zero attached hydrogens (tertiary/aromatic N) is 8. The molecule has 2 N–H and O–H groups in total. The van der Waals surface area contributed by atoms with Crippen LogP contribution in [-0.2, 0) is 27.4 Å². The number of hydrogen-bond donors (Lipinski definition) is 2. The molecule has 0 saturated carbocycles. The van der Waals surface area contributed by atoms with E-state index in [4.69, 9.17) is 14.2 Å². The van der Waals surface area contributed by atoms with Crippen molar-refractivity contribution in [3.8, 4) is 11.6 Å². The molecule has 4 heterocycles. The third-order valence-electron chi connectivity index (χ3n) is 7.50. The molecule has 0 unspecified atom stereocenters. The van der Waals surface area contributed by atoms with Crippen molar-refractivity contribution in [1.29, 1.82) is 0 Å². The third-order valence-corrected chi connectivity index (χ3v) is 7.50. The number of hydrogen-bond acceptors (Lipinski definition) is 13. The van der Waals surface area contributed by atoms with Crippen molar-refractivity contribution in [2.75, 3.05) is 24.9 Å². The number of carbonyl (C=O) groups excluding carboxylic acids is 4. The Balaban J connectivity index is 1.18. The molecule has 2 amide bonds. The maximum atomic E-state index is 15.2. The van der Waals surface area contributed by atoms with Crippen LogP contribution in [0.1, 0.15) is 52.8 Å². The summed E-state index contributed by atoms with van der Waals surface area (Å²) in [6.45, 7) is -0.928. The Morgan fingerprint density at radius 3 is 1.42 bits per heavy atom. The largest absolute Gasteiger partial charge is 0.465 e. The summed E-state index contributed by atoms with van der Waals surface area (Å²) >= 11 is 0. The molecule has 0 aliphatic heterocycles. The Kier molecular flexibility index (Phi) is 10.5. The van der Waals surface area contributed by atoms with Crippen molar-refractivity contribution >= 4 is 35.1 Å². The van der Waals surface area contributed by atoms with Crippen LogP contribution in [0.2, 0.25) is 0 Å². The molecule has 0 saturated heterocycles. The summed E-state index contributed by atoms with van der Waals surface area (Å²) in [6.07, 6.45) is 9.36. The molecule has 0 radical (unpaired) electrons. The Bertz CT molecular complexity index is 2120. The number of anilines is 2. The summed E-state index contributed by atoms with van der Waals surface area (Å²) in [5.74, 6) is -4.38. The van der Waals surface area contributed by atoms with Gasteiger partial charge in [-0.05, 0) is 48.5 Å². The Morgan fingerprint density at radius 2 is 1.08 bits per heavy atom. The fourth-order valence-electron chi connectivity index (χ4n) is 4.82. The lowest BCUT2D eigenvalue weighted by molar-refractivity contribution is 0.0592. The first-order valence-corrected chi connectivity index (χ1v) is 15.3. The fraction of sp³-hybridized carbons (Fsp3) is 0.118. The van der Waals surface area contributed by atoms with Crippen LogP contribution in [0.15, 0.2) is 86.0 Å². The van der Waals surface area contributed by atoms with Crippen LogP contribution in [0.5, 0.6) is 0 Å². The summed E-state index contributed by atoms with van der Waals surface area (Å²) in [5, 5.41) is 20.8. The van der Waals surface area contributed by atoms with Gasteiger partial charge >= 0.3 is 11.9 Å². The molecule has 17 nitrogen and oxygen atoms in total. The lowest BCUT2D eigenvalue weighted by Gasteiger charge is -2.15. The van der Waals surface area contributed by atoms with E-state index in [1.807, 2.05) is 0 Å². The number of esters is 2. The molecule has 0 spiro atoms. The van der Waals surface area contributed by atoms with Crippen LogP contribution >= 0.6 is 0 Å². The highest BCUT2D eigenvalue weighted by Gasteiger charge is 2.22. The van der Waals surface area contributed by atoms with Crippen LogP contribution in [0.25, 0.3) is 11.6 Å². The second-order valence-corrected chi connectivity index (χ2v) is 10.9. The molecule has 0 aliphatic rings. The first kappa shape index (κ1) is 35.5. The van der Waals surface area contributed by atoms with Gasteiger partial charge in [0.2, 0.25) is 0 Å². The van der Waals surface area contributed by atoms with Gasteiger partial charge in [-0.25, -0.2) is 28.3 Å². The van der Waals surface area contributed by atoms with E-state index < -0.39 is 48.6 Å². The van der Waals surface area contributed by atoms with Crippen LogP contribution in [0.4, 0.5) is 20.2 Å². The zero-order valence-electron chi connectivity index (χ0n) is 27.7. The van der Waals surface area contributed by atoms with Crippen molar-refractivity contribution in [1.82, 2.24) is 39.5 Å². The number of methoxy groups -OCH3 is 2. The number of benzene rings is 2. The summed E-state index contributed by atoms with van der Waals surface area (Å²) in [5.41, 5.74) is -1.30. The number of nitrogens with one attached hydrogen (secondary N) is 2. The summed E-state index contributed by atoms with van der Waals surface area (Å²) in [7, 11) is 2.18. The molecule has 0 atom stereocenters. The molecule has 53 heavy (non-hydrogen) atoms. The highest BCUT2D eigenvalue weighted by molar-refractivity contribution is 6.08. The third kappa shape index (κ3) is 8.05. The number of ether oxygens (including phenoxy) is 3. The van der Waals surface area contributed by atoms with Crippen molar-refractivity contribution in [2.24, 2.45) is 0 Å². The summed E-state index contributed by atoms with van der Waals surface area (Å²) in [6, 6.07) is 9.88. The van der Waals surface area contributed by atoms with Crippen molar-refractivity contribution in [2.45, 2.75) is 13.2 Å². The van der Waals surface area contributed by atoms with E-state index in [0.717, 1.165) is 38.5 Å². The van der Waals surface area contributed by atoms with Gasteiger partial charge in [0.15, 0.2) is 23.0 Å². The van der Waals surface area contributed by atoms with E-state index >= 15 is 8.78 Å². The molecule has 4 aromatic heterocycles. The maximum absolute atomic E-state index is 15.2. The molecule has 19 heteroatoms. The lowest BCUT2D eigenvalue weighted by Crippen LogP contribution is -2.18. The van der Waals surface area contributed by atoms with Gasteiger partial charge in [0.1, 0.15) is 24.3 Å². The predicted octanol–water partition coefficient (Wildman–Crippen LogP) is 3.71. The highest BCUT2D eigenvalue weighted by Crippen LogP contribution is 2.26. The minimum Gasteiger partial charge on any atom is -0.465 e. The SMILES string of the molecule is COC(=O)c1cc(F)c(COCc2cc(NC(=O)c3ccc(-n4ccnc4)nn3)c(C(=O)OC)cc2F)cc1NC(=O)c1ccc(-n2ccnc2)nn1. The Hall–Kier alpha value is -7.28. The first-order valence-electron chi connectivity index (χ1n) is 15.3. The van der Waals surface area contributed by atoms with Crippen LogP contribution in [0, 0.1) is 11.6 Å². The molecule has 0 bridgehead atoms. The molecule has 0 fully saturated rings. The van der Waals surface area contributed by atoms with E-state index in [-0.39, 0.29) is 45.0 Å². The standard InChI is InChI=1S/C34H26F2N10O7/c1-51-33(49)21-13-23(35)19(11-27(21)39-31(47)25-3-5-29(43-41-25)45-9-7-37-17-45)15-53-16-20-12-28(22(14-24(20)36)34(50)52-2)40-32(48)26-4-6-30(44-42-26)46-10-8-38-18-46/h3-14,17-18H,15-16H2,1-2H3,(H,39,47)(H,40,48). The van der Waals surface area contributed by atoms with Crippen molar-refractivity contribution in [3.05, 3.63) is 131 Å². The van der Waals surface area contributed by atoms with Crippen LogP contribution in [0.3, 0.4) is 0 Å². The van der Waals surface area contributed by atoms with Gasteiger partial charge in [-0.2, -0.15) is 0 Å². The maximum Gasteiger partial charge on any atom is 0.340 e. The Morgan fingerprint density at radius 1 is 0.642 bits per heavy atom. The first-order chi connectivity index (χ1) is 25.6. The normalized spacial score (nSPS) is 10.8. The molecule has 2 aromatic carbocycles. The van der Waals surface area contributed by atoms with Crippen LogP contribution < -0.4 is 10.6 Å². The monoisotopic (exact) mass is 724 g/mol. The molecular formula is C34H26F2N10O7. The minimum absolute atomic E-state index is 0.112. The van der Waals surface area contributed by atoms with E-state index in [1.54, 1.807) is 33.9 Å². The minimum atomic E-state index is -0.935. The quantitative estimate of drug-likeness (QED) is 0.173. The number of carbonyl (C=O) groups is 4. The lowest BCUT2D eigenvalue weighted by atomic mass is 10.1. The summed E-state index contributed by atoms with van der Waals surface area (Å²) < 4.78 is 48.7. The van der Waals surface area contributed by atoms with Gasteiger partial charge < -0.3 is 24.8 Å².